The number of nitrogen functional groups attached to an aromatic ring is 1. The highest BCUT2D eigenvalue weighted by Crippen LogP contribution is 2.29. The van der Waals surface area contributed by atoms with E-state index in [1.54, 1.807) is 7.11 Å². The van der Waals surface area contributed by atoms with Gasteiger partial charge in [0.1, 0.15) is 11.5 Å². The predicted octanol–water partition coefficient (Wildman–Crippen LogP) is 3.49. The van der Waals surface area contributed by atoms with Crippen molar-refractivity contribution in [1.82, 2.24) is 9.38 Å². The average molecular weight is 332 g/mol. The van der Waals surface area contributed by atoms with Crippen LogP contribution in [0.3, 0.4) is 0 Å². The van der Waals surface area contributed by atoms with Crippen LogP contribution in [0.4, 0.5) is 5.82 Å². The zero-order chi connectivity index (χ0) is 14.1. The first-order chi connectivity index (χ1) is 9.70. The van der Waals surface area contributed by atoms with Gasteiger partial charge in [-0.25, -0.2) is 4.98 Å². The van der Waals surface area contributed by atoms with Crippen molar-refractivity contribution < 1.29 is 4.74 Å². The van der Waals surface area contributed by atoms with E-state index in [-0.39, 0.29) is 0 Å². The van der Waals surface area contributed by atoms with Crippen LogP contribution in [0.1, 0.15) is 5.56 Å². The van der Waals surface area contributed by atoms with Gasteiger partial charge >= 0.3 is 0 Å². The molecule has 0 saturated heterocycles. The quantitative estimate of drug-likeness (QED) is 0.799. The molecule has 0 atom stereocenters. The monoisotopic (exact) mass is 331 g/mol. The molecule has 0 radical (unpaired) electrons. The van der Waals surface area contributed by atoms with Crippen LogP contribution < -0.4 is 5.73 Å². The lowest BCUT2D eigenvalue weighted by Gasteiger charge is -2.02. The maximum absolute atomic E-state index is 6.19. The van der Waals surface area contributed by atoms with Crippen molar-refractivity contribution >= 4 is 27.4 Å². The molecule has 1 aromatic carbocycles. The molecule has 20 heavy (non-hydrogen) atoms. The fraction of sp³-hybridized carbons (Fsp3) is 0.133. The van der Waals surface area contributed by atoms with E-state index in [9.17, 15) is 0 Å². The zero-order valence-electron chi connectivity index (χ0n) is 11.0. The molecular weight excluding hydrogens is 318 g/mol. The summed E-state index contributed by atoms with van der Waals surface area (Å²) in [5.74, 6) is 0.640. The van der Waals surface area contributed by atoms with Gasteiger partial charge in [0, 0.05) is 18.9 Å². The Balaban J connectivity index is 2.10. The molecule has 4 nitrogen and oxygen atoms in total. The zero-order valence-corrected chi connectivity index (χ0v) is 12.6. The normalized spacial score (nSPS) is 11.1. The number of ether oxygens (including phenoxy) is 1. The number of rotatable bonds is 3. The Bertz CT molecular complexity index is 750. The van der Waals surface area contributed by atoms with Crippen molar-refractivity contribution in [3.63, 3.8) is 0 Å². The molecule has 2 N–H and O–H groups in total. The van der Waals surface area contributed by atoms with Gasteiger partial charge in [0.05, 0.1) is 11.1 Å². The molecule has 3 rings (SSSR count). The third kappa shape index (κ3) is 2.19. The Morgan fingerprint density at radius 2 is 2.00 bits per heavy atom. The second kappa shape index (κ2) is 5.26. The van der Waals surface area contributed by atoms with Gasteiger partial charge < -0.3 is 10.5 Å². The predicted molar refractivity (Wildman–Crippen MR) is 83.5 cm³/mol. The van der Waals surface area contributed by atoms with E-state index in [2.05, 4.69) is 20.9 Å². The first-order valence-electron chi connectivity index (χ1n) is 6.21. The lowest BCUT2D eigenvalue weighted by molar-refractivity contribution is 0.185. The molecule has 0 aliphatic carbocycles. The number of fused-ring (bicyclic) bond motifs is 1. The highest BCUT2D eigenvalue weighted by atomic mass is 79.9. The van der Waals surface area contributed by atoms with Crippen molar-refractivity contribution in [2.24, 2.45) is 0 Å². The topological polar surface area (TPSA) is 52.5 Å². The van der Waals surface area contributed by atoms with Crippen molar-refractivity contribution in [1.29, 1.82) is 0 Å². The summed E-state index contributed by atoms with van der Waals surface area (Å²) in [7, 11) is 1.69. The number of aromatic nitrogens is 2. The van der Waals surface area contributed by atoms with Gasteiger partial charge in [0.15, 0.2) is 5.65 Å². The molecular formula is C15H14BrN3O. The Hall–Kier alpha value is -1.85. The summed E-state index contributed by atoms with van der Waals surface area (Å²) in [6.07, 6.45) is 1.91. The van der Waals surface area contributed by atoms with Crippen LogP contribution in [0.25, 0.3) is 16.9 Å². The van der Waals surface area contributed by atoms with Gasteiger partial charge in [-0.05, 0) is 33.6 Å². The summed E-state index contributed by atoms with van der Waals surface area (Å²) in [5, 5.41) is 0. The second-order valence-electron chi connectivity index (χ2n) is 4.53. The maximum atomic E-state index is 6.19. The number of imidazole rings is 1. The molecule has 5 heteroatoms. The number of nitrogens with two attached hydrogens (primary N) is 1. The molecule has 0 bridgehead atoms. The van der Waals surface area contributed by atoms with Gasteiger partial charge in [-0.3, -0.25) is 4.40 Å². The Labute approximate surface area is 125 Å². The molecule has 0 saturated carbocycles. The van der Waals surface area contributed by atoms with Gasteiger partial charge in [-0.15, -0.1) is 0 Å². The number of methoxy groups -OCH3 is 1. The Kier molecular flexibility index (Phi) is 3.46. The summed E-state index contributed by atoms with van der Waals surface area (Å²) < 4.78 is 7.91. The summed E-state index contributed by atoms with van der Waals surface area (Å²) in [5.41, 5.74) is 9.93. The fourth-order valence-electron chi connectivity index (χ4n) is 2.19. The van der Waals surface area contributed by atoms with Gasteiger partial charge in [-0.2, -0.15) is 0 Å². The van der Waals surface area contributed by atoms with Gasteiger partial charge in [0.25, 0.3) is 0 Å². The van der Waals surface area contributed by atoms with E-state index in [0.717, 1.165) is 26.9 Å². The molecule has 0 spiro atoms. The van der Waals surface area contributed by atoms with Crippen LogP contribution in [0.2, 0.25) is 0 Å². The molecule has 0 aliphatic heterocycles. The number of benzene rings is 1. The minimum absolute atomic E-state index is 0.604. The molecule has 102 valence electrons. The van der Waals surface area contributed by atoms with E-state index in [1.807, 2.05) is 47.0 Å². The van der Waals surface area contributed by atoms with Crippen LogP contribution in [0.15, 0.2) is 47.1 Å². The molecule has 0 aliphatic rings. The summed E-state index contributed by atoms with van der Waals surface area (Å²) in [6, 6.07) is 12.0. The SMILES string of the molecule is COCc1ccc(-c2nc3c(Br)cccn3c2N)cc1. The molecule has 0 unspecified atom stereocenters. The Morgan fingerprint density at radius 1 is 1.25 bits per heavy atom. The lowest BCUT2D eigenvalue weighted by atomic mass is 10.1. The van der Waals surface area contributed by atoms with E-state index in [0.29, 0.717) is 12.4 Å². The van der Waals surface area contributed by atoms with E-state index in [1.165, 1.54) is 0 Å². The standard InChI is InChI=1S/C15H14BrN3O/c1-20-9-10-4-6-11(7-5-10)13-14(17)19-8-2-3-12(16)15(19)18-13/h2-8H,9,17H2,1H3. The van der Waals surface area contributed by atoms with Crippen LogP contribution in [-0.2, 0) is 11.3 Å². The van der Waals surface area contributed by atoms with Crippen LogP contribution in [-0.4, -0.2) is 16.5 Å². The largest absolute Gasteiger partial charge is 0.383 e. The second-order valence-corrected chi connectivity index (χ2v) is 5.38. The first-order valence-corrected chi connectivity index (χ1v) is 7.00. The van der Waals surface area contributed by atoms with Crippen molar-refractivity contribution in [2.45, 2.75) is 6.61 Å². The number of nitrogens with zero attached hydrogens (tertiary/aromatic N) is 2. The van der Waals surface area contributed by atoms with E-state index in [4.69, 9.17) is 10.5 Å². The summed E-state index contributed by atoms with van der Waals surface area (Å²) in [6.45, 7) is 0.604. The molecule has 3 aromatic rings. The third-order valence-corrected chi connectivity index (χ3v) is 3.80. The molecule has 0 amide bonds. The van der Waals surface area contributed by atoms with Gasteiger partial charge in [-0.1, -0.05) is 24.3 Å². The van der Waals surface area contributed by atoms with Gasteiger partial charge in [0.2, 0.25) is 0 Å². The smallest absolute Gasteiger partial charge is 0.153 e. The van der Waals surface area contributed by atoms with E-state index >= 15 is 0 Å². The van der Waals surface area contributed by atoms with Crippen molar-refractivity contribution in [3.8, 4) is 11.3 Å². The maximum Gasteiger partial charge on any atom is 0.153 e. The van der Waals surface area contributed by atoms with Crippen LogP contribution >= 0.6 is 15.9 Å². The van der Waals surface area contributed by atoms with Crippen molar-refractivity contribution in [3.05, 3.63) is 52.6 Å². The lowest BCUT2D eigenvalue weighted by Crippen LogP contribution is -1.94. The summed E-state index contributed by atoms with van der Waals surface area (Å²) >= 11 is 3.49. The third-order valence-electron chi connectivity index (χ3n) is 3.18. The highest BCUT2D eigenvalue weighted by molar-refractivity contribution is 9.10. The first kappa shape index (κ1) is 13.1. The molecule has 2 aromatic heterocycles. The number of pyridine rings is 1. The highest BCUT2D eigenvalue weighted by Gasteiger charge is 2.12. The summed E-state index contributed by atoms with van der Waals surface area (Å²) in [4.78, 5) is 4.62. The number of halogens is 1. The van der Waals surface area contributed by atoms with Crippen LogP contribution in [0.5, 0.6) is 0 Å². The molecule has 0 fully saturated rings. The fourth-order valence-corrected chi connectivity index (χ4v) is 2.62. The number of hydrogen-bond donors (Lipinski definition) is 1. The molecule has 2 heterocycles. The minimum atomic E-state index is 0.604. The number of hydrogen-bond acceptors (Lipinski definition) is 3. The van der Waals surface area contributed by atoms with Crippen molar-refractivity contribution in [2.75, 3.05) is 12.8 Å². The average Bonchev–Trinajstić information content (AvgIpc) is 2.79. The minimum Gasteiger partial charge on any atom is -0.383 e. The Morgan fingerprint density at radius 3 is 2.65 bits per heavy atom. The van der Waals surface area contributed by atoms with E-state index < -0.39 is 0 Å². The van der Waals surface area contributed by atoms with Crippen LogP contribution in [0, 0.1) is 0 Å². The number of anilines is 1.